The van der Waals surface area contributed by atoms with E-state index in [2.05, 4.69) is 40.7 Å². The maximum Gasteiger partial charge on any atom is 0.228 e. The number of carbonyl (C=O) groups is 1. The number of hydrogen-bond donors (Lipinski definition) is 4. The highest BCUT2D eigenvalue weighted by molar-refractivity contribution is 5.99. The summed E-state index contributed by atoms with van der Waals surface area (Å²) < 4.78 is 14.7. The fraction of sp³-hybridized carbons (Fsp3) is 0.139. The molecule has 2 aromatic carbocycles. The first-order chi connectivity index (χ1) is 22.9. The SMILES string of the molecule is CN(C)CCNc1cc(F)cc(-c2ccnc3[nH]c(-c4n[nH]c5ccc(-c6cncc(NC(=O)Cc7ccccc7)c6)nc45)cc23)c1. The van der Waals surface area contributed by atoms with Crippen LogP contribution in [0.1, 0.15) is 5.56 Å². The molecule has 11 heteroatoms. The van der Waals surface area contributed by atoms with Gasteiger partial charge in [-0.05, 0) is 79.3 Å². The fourth-order valence-corrected chi connectivity index (χ4v) is 5.56. The molecule has 0 aliphatic carbocycles. The van der Waals surface area contributed by atoms with Gasteiger partial charge in [-0.25, -0.2) is 14.4 Å². The third-order valence-corrected chi connectivity index (χ3v) is 7.82. The van der Waals surface area contributed by atoms with E-state index in [4.69, 9.17) is 4.98 Å². The third-order valence-electron chi connectivity index (χ3n) is 7.82. The van der Waals surface area contributed by atoms with Gasteiger partial charge in [-0.2, -0.15) is 5.10 Å². The van der Waals surface area contributed by atoms with Gasteiger partial charge in [0.25, 0.3) is 0 Å². The number of amides is 1. The van der Waals surface area contributed by atoms with Crippen LogP contribution in [0.15, 0.2) is 97.5 Å². The Morgan fingerprint density at radius 3 is 2.64 bits per heavy atom. The van der Waals surface area contributed by atoms with Crippen molar-refractivity contribution in [2.24, 2.45) is 0 Å². The van der Waals surface area contributed by atoms with Gasteiger partial charge in [0.1, 0.15) is 22.7 Å². The number of nitrogens with one attached hydrogen (secondary N) is 4. The number of anilines is 2. The second-order valence-electron chi connectivity index (χ2n) is 11.6. The molecule has 4 N–H and O–H groups in total. The molecule has 1 amide bonds. The summed E-state index contributed by atoms with van der Waals surface area (Å²) in [6.07, 6.45) is 5.30. The van der Waals surface area contributed by atoms with Crippen LogP contribution < -0.4 is 10.6 Å². The number of rotatable bonds is 10. The van der Waals surface area contributed by atoms with Gasteiger partial charge in [-0.3, -0.25) is 14.9 Å². The summed E-state index contributed by atoms with van der Waals surface area (Å²) in [7, 11) is 4.00. The van der Waals surface area contributed by atoms with Crippen molar-refractivity contribution in [3.05, 3.63) is 109 Å². The van der Waals surface area contributed by atoms with E-state index in [0.29, 0.717) is 40.5 Å². The van der Waals surface area contributed by atoms with Crippen LogP contribution >= 0.6 is 0 Å². The summed E-state index contributed by atoms with van der Waals surface area (Å²) in [6, 6.07) is 24.1. The van der Waals surface area contributed by atoms with Crippen LogP contribution in [0.25, 0.3) is 55.8 Å². The van der Waals surface area contributed by atoms with Gasteiger partial charge in [-0.1, -0.05) is 30.3 Å². The molecule has 0 saturated carbocycles. The largest absolute Gasteiger partial charge is 0.384 e. The Balaban J connectivity index is 1.18. The van der Waals surface area contributed by atoms with E-state index in [1.54, 1.807) is 18.6 Å². The first kappa shape index (κ1) is 29.8. The number of aromatic nitrogens is 6. The van der Waals surface area contributed by atoms with Crippen LogP contribution in [0.2, 0.25) is 0 Å². The van der Waals surface area contributed by atoms with Crippen LogP contribution in [0, 0.1) is 5.82 Å². The Labute approximate surface area is 270 Å². The third kappa shape index (κ3) is 6.56. The lowest BCUT2D eigenvalue weighted by Gasteiger charge is -2.13. The minimum absolute atomic E-state index is 0.127. The van der Waals surface area contributed by atoms with Crippen molar-refractivity contribution in [2.45, 2.75) is 6.42 Å². The first-order valence-electron chi connectivity index (χ1n) is 15.2. The number of H-pyrrole nitrogens is 2. The molecule has 0 bridgehead atoms. The number of benzene rings is 2. The van der Waals surface area contributed by atoms with Gasteiger partial charge >= 0.3 is 0 Å². The van der Waals surface area contributed by atoms with Crippen molar-refractivity contribution in [3.8, 4) is 33.8 Å². The number of pyridine rings is 3. The van der Waals surface area contributed by atoms with Crippen molar-refractivity contribution in [2.75, 3.05) is 37.8 Å². The van der Waals surface area contributed by atoms with E-state index in [1.165, 1.54) is 12.1 Å². The summed E-state index contributed by atoms with van der Waals surface area (Å²) in [6.45, 7) is 1.52. The topological polar surface area (TPSA) is 128 Å². The smallest absolute Gasteiger partial charge is 0.228 e. The lowest BCUT2D eigenvalue weighted by Crippen LogP contribution is -2.20. The Bertz CT molecular complexity index is 2210. The number of halogens is 1. The Kier molecular flexibility index (Phi) is 8.11. The van der Waals surface area contributed by atoms with Gasteiger partial charge in [0.2, 0.25) is 5.91 Å². The zero-order chi connectivity index (χ0) is 32.3. The second kappa shape index (κ2) is 12.8. The van der Waals surface area contributed by atoms with Crippen molar-refractivity contribution in [1.82, 2.24) is 35.0 Å². The second-order valence-corrected chi connectivity index (χ2v) is 11.6. The molecule has 0 saturated heterocycles. The highest BCUT2D eigenvalue weighted by Gasteiger charge is 2.17. The Morgan fingerprint density at radius 2 is 1.79 bits per heavy atom. The van der Waals surface area contributed by atoms with Gasteiger partial charge in [0.15, 0.2) is 0 Å². The van der Waals surface area contributed by atoms with Crippen LogP contribution in [0.4, 0.5) is 15.8 Å². The van der Waals surface area contributed by atoms with E-state index >= 15 is 0 Å². The Hall–Kier alpha value is -5.94. The average molecular weight is 626 g/mol. The van der Waals surface area contributed by atoms with Crippen LogP contribution in [-0.2, 0) is 11.2 Å². The molecule has 0 atom stereocenters. The zero-order valence-electron chi connectivity index (χ0n) is 25.9. The molecule has 0 aliphatic heterocycles. The van der Waals surface area contributed by atoms with E-state index in [1.807, 2.05) is 80.8 Å². The number of likely N-dealkylation sites (N-methyl/N-ethyl adjacent to an activating group) is 1. The standard InChI is InChI=1S/C36H32FN9O/c1-46(2)13-12-39-26-16-23(15-25(37)18-26)28-10-11-40-36-29(28)19-32(43-36)35-34-31(44-45-35)9-8-30(42-34)24-17-27(21-38-20-24)41-33(47)14-22-6-4-3-5-7-22/h3-11,15-21,39H,12-14H2,1-2H3,(H,40,43)(H,41,47)(H,44,45). The lowest BCUT2D eigenvalue weighted by atomic mass is 10.0. The van der Waals surface area contributed by atoms with Crippen molar-refractivity contribution in [1.29, 1.82) is 0 Å². The first-order valence-corrected chi connectivity index (χ1v) is 15.2. The number of carbonyl (C=O) groups excluding carboxylic acids is 1. The molecule has 47 heavy (non-hydrogen) atoms. The molecule has 0 fully saturated rings. The molecule has 0 spiro atoms. The predicted octanol–water partition coefficient (Wildman–Crippen LogP) is 6.52. The van der Waals surface area contributed by atoms with E-state index in [0.717, 1.165) is 45.4 Å². The molecular weight excluding hydrogens is 593 g/mol. The highest BCUT2D eigenvalue weighted by Crippen LogP contribution is 2.34. The van der Waals surface area contributed by atoms with Crippen LogP contribution in [-0.4, -0.2) is 68.1 Å². The molecule has 0 unspecified atom stereocenters. The Morgan fingerprint density at radius 1 is 0.936 bits per heavy atom. The van der Waals surface area contributed by atoms with E-state index < -0.39 is 0 Å². The van der Waals surface area contributed by atoms with Crippen LogP contribution in [0.5, 0.6) is 0 Å². The predicted molar refractivity (Wildman–Crippen MR) is 183 cm³/mol. The van der Waals surface area contributed by atoms with E-state index in [-0.39, 0.29) is 18.1 Å². The zero-order valence-corrected chi connectivity index (χ0v) is 25.9. The number of nitrogens with zero attached hydrogens (tertiary/aromatic N) is 5. The molecule has 7 aromatic rings. The summed E-state index contributed by atoms with van der Waals surface area (Å²) in [5, 5.41) is 14.7. The molecule has 7 rings (SSSR count). The molecule has 0 aliphatic rings. The lowest BCUT2D eigenvalue weighted by molar-refractivity contribution is -0.115. The maximum absolute atomic E-state index is 14.7. The number of fused-ring (bicyclic) bond motifs is 2. The van der Waals surface area contributed by atoms with Crippen molar-refractivity contribution in [3.63, 3.8) is 0 Å². The molecule has 5 aromatic heterocycles. The summed E-state index contributed by atoms with van der Waals surface area (Å²) >= 11 is 0. The van der Waals surface area contributed by atoms with Crippen LogP contribution in [0.3, 0.4) is 0 Å². The molecule has 10 nitrogen and oxygen atoms in total. The fourth-order valence-electron chi connectivity index (χ4n) is 5.56. The quantitative estimate of drug-likeness (QED) is 0.136. The molecule has 5 heterocycles. The highest BCUT2D eigenvalue weighted by atomic mass is 19.1. The van der Waals surface area contributed by atoms with Gasteiger partial charge < -0.3 is 20.5 Å². The maximum atomic E-state index is 14.7. The van der Waals surface area contributed by atoms with E-state index in [9.17, 15) is 9.18 Å². The summed E-state index contributed by atoms with van der Waals surface area (Å²) in [5.41, 5.74) is 8.65. The molecule has 234 valence electrons. The van der Waals surface area contributed by atoms with Gasteiger partial charge in [-0.15, -0.1) is 0 Å². The van der Waals surface area contributed by atoms with Gasteiger partial charge in [0, 0.05) is 42.1 Å². The minimum atomic E-state index is -0.320. The average Bonchev–Trinajstić information content (AvgIpc) is 3.69. The number of hydrogen-bond acceptors (Lipinski definition) is 7. The normalized spacial score (nSPS) is 11.4. The molecule has 0 radical (unpaired) electrons. The minimum Gasteiger partial charge on any atom is -0.384 e. The van der Waals surface area contributed by atoms with Gasteiger partial charge in [0.05, 0.1) is 35.2 Å². The molecular formula is C36H32FN9O. The van der Waals surface area contributed by atoms with Crippen molar-refractivity contribution >= 4 is 39.3 Å². The van der Waals surface area contributed by atoms with Crippen molar-refractivity contribution < 1.29 is 9.18 Å². The number of aromatic amines is 2. The summed E-state index contributed by atoms with van der Waals surface area (Å²) in [4.78, 5) is 31.9. The monoisotopic (exact) mass is 625 g/mol. The summed E-state index contributed by atoms with van der Waals surface area (Å²) in [5.74, 6) is -0.447.